The van der Waals surface area contributed by atoms with Crippen molar-refractivity contribution >= 4 is 17.4 Å². The molecule has 1 N–H and O–H groups in total. The standard InChI is InChI=1S/C13H21ClN4O/c1-17(2)6-7-18-12(11(14)9-16-18)13(19)10-4-3-5-15-8-10/h9-10,15H,3-8H2,1-2H3. The largest absolute Gasteiger partial charge is 0.316 e. The third-order valence-corrected chi connectivity index (χ3v) is 3.73. The van der Waals surface area contributed by atoms with E-state index in [1.807, 2.05) is 14.1 Å². The fraction of sp³-hybridized carbons (Fsp3) is 0.692. The van der Waals surface area contributed by atoms with Gasteiger partial charge in [-0.05, 0) is 33.5 Å². The normalized spacial score (nSPS) is 19.9. The van der Waals surface area contributed by atoms with Crippen LogP contribution in [0.4, 0.5) is 0 Å². The van der Waals surface area contributed by atoms with E-state index in [0.717, 1.165) is 32.5 Å². The summed E-state index contributed by atoms with van der Waals surface area (Å²) in [7, 11) is 4.00. The third kappa shape index (κ3) is 3.55. The minimum Gasteiger partial charge on any atom is -0.316 e. The highest BCUT2D eigenvalue weighted by molar-refractivity contribution is 6.33. The van der Waals surface area contributed by atoms with Crippen molar-refractivity contribution in [2.45, 2.75) is 19.4 Å². The van der Waals surface area contributed by atoms with Crippen LogP contribution in [0.1, 0.15) is 23.3 Å². The number of nitrogens with zero attached hydrogens (tertiary/aromatic N) is 3. The van der Waals surface area contributed by atoms with Crippen LogP contribution >= 0.6 is 11.6 Å². The number of carbonyl (C=O) groups is 1. The first-order chi connectivity index (χ1) is 9.09. The van der Waals surface area contributed by atoms with Crippen LogP contribution in [-0.2, 0) is 6.54 Å². The molecule has 1 atom stereocenters. The number of likely N-dealkylation sites (N-methyl/N-ethyl adjacent to an activating group) is 1. The molecule has 0 amide bonds. The van der Waals surface area contributed by atoms with Gasteiger partial charge in [-0.15, -0.1) is 0 Å². The first-order valence-electron chi connectivity index (χ1n) is 6.70. The van der Waals surface area contributed by atoms with Crippen LogP contribution in [0.5, 0.6) is 0 Å². The quantitative estimate of drug-likeness (QED) is 0.828. The lowest BCUT2D eigenvalue weighted by Gasteiger charge is -2.22. The summed E-state index contributed by atoms with van der Waals surface area (Å²) in [5.41, 5.74) is 0.567. The molecule has 0 bridgehead atoms. The molecular weight excluding hydrogens is 264 g/mol. The summed E-state index contributed by atoms with van der Waals surface area (Å²) in [5.74, 6) is 0.148. The highest BCUT2D eigenvalue weighted by Gasteiger charge is 2.27. The zero-order chi connectivity index (χ0) is 13.8. The number of Topliss-reactive ketones (excluding diaryl/α,β-unsaturated/α-hetero) is 1. The number of halogens is 1. The SMILES string of the molecule is CN(C)CCn1ncc(Cl)c1C(=O)C1CCCNC1. The van der Waals surface area contributed by atoms with Gasteiger partial charge in [0.15, 0.2) is 5.78 Å². The van der Waals surface area contributed by atoms with Gasteiger partial charge in [-0.3, -0.25) is 9.48 Å². The van der Waals surface area contributed by atoms with Crippen molar-refractivity contribution in [3.63, 3.8) is 0 Å². The lowest BCUT2D eigenvalue weighted by Crippen LogP contribution is -2.35. The smallest absolute Gasteiger partial charge is 0.186 e. The van der Waals surface area contributed by atoms with Gasteiger partial charge < -0.3 is 10.2 Å². The van der Waals surface area contributed by atoms with E-state index in [1.54, 1.807) is 10.9 Å². The number of ketones is 1. The third-order valence-electron chi connectivity index (χ3n) is 3.45. The Morgan fingerprint density at radius 3 is 3.05 bits per heavy atom. The Morgan fingerprint density at radius 2 is 2.42 bits per heavy atom. The molecule has 0 aromatic carbocycles. The van der Waals surface area contributed by atoms with E-state index in [9.17, 15) is 4.79 Å². The highest BCUT2D eigenvalue weighted by Crippen LogP contribution is 2.22. The number of nitrogens with one attached hydrogen (secondary N) is 1. The molecule has 1 saturated heterocycles. The van der Waals surface area contributed by atoms with E-state index in [0.29, 0.717) is 17.3 Å². The number of piperidine rings is 1. The lowest BCUT2D eigenvalue weighted by atomic mass is 9.93. The molecular formula is C13H21ClN4O. The lowest BCUT2D eigenvalue weighted by molar-refractivity contribution is 0.0888. The van der Waals surface area contributed by atoms with E-state index in [2.05, 4.69) is 15.3 Å². The van der Waals surface area contributed by atoms with Gasteiger partial charge in [0.2, 0.25) is 0 Å². The summed E-state index contributed by atoms with van der Waals surface area (Å²) in [6, 6.07) is 0. The van der Waals surface area contributed by atoms with E-state index in [-0.39, 0.29) is 11.7 Å². The van der Waals surface area contributed by atoms with Crippen molar-refractivity contribution in [3.05, 3.63) is 16.9 Å². The second kappa shape index (κ2) is 6.50. The monoisotopic (exact) mass is 284 g/mol. The van der Waals surface area contributed by atoms with Gasteiger partial charge in [-0.1, -0.05) is 11.6 Å². The molecule has 106 valence electrons. The van der Waals surface area contributed by atoms with Crippen molar-refractivity contribution in [2.75, 3.05) is 33.7 Å². The molecule has 1 aliphatic rings. The highest BCUT2D eigenvalue weighted by atomic mass is 35.5. The molecule has 5 nitrogen and oxygen atoms in total. The predicted molar refractivity (Wildman–Crippen MR) is 75.7 cm³/mol. The Balaban J connectivity index is 2.13. The van der Waals surface area contributed by atoms with Gasteiger partial charge in [0.25, 0.3) is 0 Å². The van der Waals surface area contributed by atoms with E-state index in [4.69, 9.17) is 11.6 Å². The summed E-state index contributed by atoms with van der Waals surface area (Å²) >= 11 is 6.14. The molecule has 1 unspecified atom stereocenters. The van der Waals surface area contributed by atoms with Crippen LogP contribution in [-0.4, -0.2) is 54.2 Å². The molecule has 0 aliphatic carbocycles. The second-order valence-electron chi connectivity index (χ2n) is 5.28. The zero-order valence-corrected chi connectivity index (χ0v) is 12.3. The van der Waals surface area contributed by atoms with Crippen molar-refractivity contribution in [1.29, 1.82) is 0 Å². The van der Waals surface area contributed by atoms with E-state index in [1.165, 1.54) is 0 Å². The van der Waals surface area contributed by atoms with Gasteiger partial charge in [0.05, 0.1) is 17.8 Å². The number of rotatable bonds is 5. The molecule has 0 radical (unpaired) electrons. The Kier molecular flexibility index (Phi) is 4.96. The molecule has 0 spiro atoms. The van der Waals surface area contributed by atoms with Gasteiger partial charge >= 0.3 is 0 Å². The Hall–Kier alpha value is -0.910. The van der Waals surface area contributed by atoms with Gasteiger partial charge in [0, 0.05) is 19.0 Å². The maximum absolute atomic E-state index is 12.5. The topological polar surface area (TPSA) is 50.2 Å². The van der Waals surface area contributed by atoms with Crippen molar-refractivity contribution in [3.8, 4) is 0 Å². The molecule has 0 saturated carbocycles. The average Bonchev–Trinajstić information content (AvgIpc) is 2.78. The van der Waals surface area contributed by atoms with E-state index < -0.39 is 0 Å². The molecule has 1 fully saturated rings. The number of carbonyl (C=O) groups excluding carboxylic acids is 1. The van der Waals surface area contributed by atoms with Crippen LogP contribution in [0.3, 0.4) is 0 Å². The van der Waals surface area contributed by atoms with Crippen molar-refractivity contribution in [1.82, 2.24) is 20.0 Å². The van der Waals surface area contributed by atoms with Gasteiger partial charge in [-0.2, -0.15) is 5.10 Å². The summed E-state index contributed by atoms with van der Waals surface area (Å²) < 4.78 is 1.74. The Bertz CT molecular complexity index is 438. The summed E-state index contributed by atoms with van der Waals surface area (Å²) in [6.07, 6.45) is 3.54. The van der Waals surface area contributed by atoms with Crippen molar-refractivity contribution in [2.24, 2.45) is 5.92 Å². The Labute approximate surface area is 118 Å². The van der Waals surface area contributed by atoms with Crippen LogP contribution < -0.4 is 5.32 Å². The minimum atomic E-state index is 0.0288. The van der Waals surface area contributed by atoms with Crippen LogP contribution in [0.15, 0.2) is 6.20 Å². The van der Waals surface area contributed by atoms with Crippen LogP contribution in [0.25, 0.3) is 0 Å². The van der Waals surface area contributed by atoms with Gasteiger partial charge in [0.1, 0.15) is 5.69 Å². The molecule has 19 heavy (non-hydrogen) atoms. The van der Waals surface area contributed by atoms with Gasteiger partial charge in [-0.25, -0.2) is 0 Å². The second-order valence-corrected chi connectivity index (χ2v) is 5.68. The summed E-state index contributed by atoms with van der Waals surface area (Å²) in [4.78, 5) is 14.6. The first-order valence-corrected chi connectivity index (χ1v) is 7.08. The maximum Gasteiger partial charge on any atom is 0.186 e. The minimum absolute atomic E-state index is 0.0288. The number of aromatic nitrogens is 2. The molecule has 2 heterocycles. The molecule has 1 aromatic rings. The van der Waals surface area contributed by atoms with E-state index >= 15 is 0 Å². The number of hydrogen-bond acceptors (Lipinski definition) is 4. The summed E-state index contributed by atoms with van der Waals surface area (Å²) in [5, 5.41) is 7.95. The average molecular weight is 285 g/mol. The first kappa shape index (κ1) is 14.5. The maximum atomic E-state index is 12.5. The molecule has 1 aromatic heterocycles. The molecule has 2 rings (SSSR count). The van der Waals surface area contributed by atoms with Crippen LogP contribution in [0, 0.1) is 5.92 Å². The molecule has 6 heteroatoms. The zero-order valence-electron chi connectivity index (χ0n) is 11.5. The number of hydrogen-bond donors (Lipinski definition) is 1. The fourth-order valence-corrected chi connectivity index (χ4v) is 2.57. The predicted octanol–water partition coefficient (Wildman–Crippen LogP) is 1.28. The fourth-order valence-electron chi connectivity index (χ4n) is 2.34. The van der Waals surface area contributed by atoms with Crippen molar-refractivity contribution < 1.29 is 4.79 Å². The molecule has 1 aliphatic heterocycles. The van der Waals surface area contributed by atoms with Crippen LogP contribution in [0.2, 0.25) is 5.02 Å². The summed E-state index contributed by atoms with van der Waals surface area (Å²) in [6.45, 7) is 3.26. The Morgan fingerprint density at radius 1 is 1.63 bits per heavy atom.